The van der Waals surface area contributed by atoms with E-state index >= 15 is 0 Å². The van der Waals surface area contributed by atoms with Gasteiger partial charge in [-0.1, -0.05) is 26.0 Å². The van der Waals surface area contributed by atoms with Crippen molar-refractivity contribution in [1.29, 1.82) is 0 Å². The van der Waals surface area contributed by atoms with Gasteiger partial charge in [-0.15, -0.1) is 0 Å². The van der Waals surface area contributed by atoms with Crippen molar-refractivity contribution < 1.29 is 38.1 Å². The Balaban J connectivity index is 1.81. The first-order valence-corrected chi connectivity index (χ1v) is 14.8. The second-order valence-electron chi connectivity index (χ2n) is 10.9. The Morgan fingerprint density at radius 1 is 0.909 bits per heavy atom. The summed E-state index contributed by atoms with van der Waals surface area (Å²) in [4.78, 5) is 28.5. The Hall–Kier alpha value is -3.86. The monoisotopic (exact) mass is 612 g/mol. The Bertz CT molecular complexity index is 1380. The number of benzene rings is 3. The van der Waals surface area contributed by atoms with Crippen molar-refractivity contribution in [3.8, 4) is 5.75 Å². The van der Waals surface area contributed by atoms with E-state index in [1.807, 2.05) is 19.9 Å². The molecule has 0 spiro atoms. The van der Waals surface area contributed by atoms with Gasteiger partial charge in [-0.05, 0) is 85.3 Å². The van der Waals surface area contributed by atoms with E-state index in [9.17, 15) is 28.6 Å². The number of carbonyl (C=O) groups is 2. The van der Waals surface area contributed by atoms with Crippen LogP contribution in [0.1, 0.15) is 64.1 Å². The fourth-order valence-corrected chi connectivity index (χ4v) is 4.99. The average Bonchev–Trinajstić information content (AvgIpc) is 2.99. The maximum Gasteiger partial charge on any atom is 0.253 e. The first kappa shape index (κ1) is 34.6. The quantitative estimate of drug-likeness (QED) is 0.214. The van der Waals surface area contributed by atoms with Crippen molar-refractivity contribution in [3.63, 3.8) is 0 Å². The van der Waals surface area contributed by atoms with Crippen molar-refractivity contribution >= 4 is 11.8 Å². The van der Waals surface area contributed by atoms with Gasteiger partial charge in [0.25, 0.3) is 11.8 Å². The zero-order valence-corrected chi connectivity index (χ0v) is 25.7. The molecule has 3 rings (SSSR count). The van der Waals surface area contributed by atoms with E-state index in [0.717, 1.165) is 36.6 Å². The number of aryl methyl sites for hydroxylation is 1. The van der Waals surface area contributed by atoms with Gasteiger partial charge < -0.3 is 29.9 Å². The first-order chi connectivity index (χ1) is 21.0. The summed E-state index contributed by atoms with van der Waals surface area (Å²) in [7, 11) is 1.54. The molecule has 0 aromatic heterocycles. The van der Waals surface area contributed by atoms with Gasteiger partial charge in [0.1, 0.15) is 29.6 Å². The SMILES string of the molecule is CCCN(CCC)C(=O)c1cc(C)cc(C(=O)N[C@@H](Cc2cc(F)cc(F)c2)[C@@H](O)C(O)COCc2cccc(OC)c2)c1. The minimum absolute atomic E-state index is 0.125. The average molecular weight is 613 g/mol. The van der Waals surface area contributed by atoms with Gasteiger partial charge in [-0.25, -0.2) is 8.78 Å². The van der Waals surface area contributed by atoms with Gasteiger partial charge >= 0.3 is 0 Å². The second kappa shape index (κ2) is 16.8. The minimum Gasteiger partial charge on any atom is -0.497 e. The van der Waals surface area contributed by atoms with Crippen LogP contribution in [-0.4, -0.2) is 72.0 Å². The Kier molecular flexibility index (Phi) is 13.3. The Morgan fingerprint density at radius 2 is 1.57 bits per heavy atom. The molecule has 0 fully saturated rings. The number of halogens is 2. The van der Waals surface area contributed by atoms with E-state index in [0.29, 0.717) is 30.0 Å². The third-order valence-electron chi connectivity index (χ3n) is 7.05. The first-order valence-electron chi connectivity index (χ1n) is 14.8. The summed E-state index contributed by atoms with van der Waals surface area (Å²) in [5, 5.41) is 24.6. The van der Waals surface area contributed by atoms with E-state index < -0.39 is 35.8 Å². The topological polar surface area (TPSA) is 108 Å². The van der Waals surface area contributed by atoms with Crippen LogP contribution in [0.15, 0.2) is 60.7 Å². The molecule has 0 aliphatic rings. The van der Waals surface area contributed by atoms with Gasteiger partial charge in [0, 0.05) is 30.3 Å². The lowest BCUT2D eigenvalue weighted by molar-refractivity contribution is -0.0544. The number of methoxy groups -OCH3 is 1. The summed E-state index contributed by atoms with van der Waals surface area (Å²) in [6.07, 6.45) is -1.62. The van der Waals surface area contributed by atoms with Gasteiger partial charge in [0.2, 0.25) is 0 Å². The lowest BCUT2D eigenvalue weighted by Gasteiger charge is -2.28. The van der Waals surface area contributed by atoms with Gasteiger partial charge in [-0.3, -0.25) is 9.59 Å². The van der Waals surface area contributed by atoms with E-state index in [1.165, 1.54) is 6.07 Å². The molecule has 3 aromatic rings. The van der Waals surface area contributed by atoms with Crippen LogP contribution in [0.4, 0.5) is 8.78 Å². The zero-order valence-electron chi connectivity index (χ0n) is 25.7. The summed E-state index contributed by atoms with van der Waals surface area (Å²) < 4.78 is 38.8. The number of aliphatic hydroxyl groups is 2. The van der Waals surface area contributed by atoms with Crippen molar-refractivity contribution in [1.82, 2.24) is 10.2 Å². The highest BCUT2D eigenvalue weighted by atomic mass is 19.1. The van der Waals surface area contributed by atoms with Gasteiger partial charge in [0.15, 0.2) is 0 Å². The number of hydrogen-bond donors (Lipinski definition) is 3. The van der Waals surface area contributed by atoms with Crippen LogP contribution in [0, 0.1) is 18.6 Å². The third kappa shape index (κ3) is 10.1. The van der Waals surface area contributed by atoms with Crippen LogP contribution in [0.2, 0.25) is 0 Å². The van der Waals surface area contributed by atoms with Crippen LogP contribution < -0.4 is 10.1 Å². The van der Waals surface area contributed by atoms with Crippen molar-refractivity contribution in [2.75, 3.05) is 26.8 Å². The van der Waals surface area contributed by atoms with Crippen LogP contribution >= 0.6 is 0 Å². The molecule has 0 saturated carbocycles. The van der Waals surface area contributed by atoms with Crippen LogP contribution in [0.3, 0.4) is 0 Å². The molecule has 3 aromatic carbocycles. The normalized spacial score (nSPS) is 13.2. The third-order valence-corrected chi connectivity index (χ3v) is 7.05. The number of hydrogen-bond acceptors (Lipinski definition) is 6. The molecular weight excluding hydrogens is 570 g/mol. The molecule has 0 aliphatic heterocycles. The lowest BCUT2D eigenvalue weighted by Crippen LogP contribution is -2.51. The van der Waals surface area contributed by atoms with E-state index in [4.69, 9.17) is 9.47 Å². The molecule has 0 bridgehead atoms. The fraction of sp³-hybridized carbons (Fsp3) is 0.412. The second-order valence-corrected chi connectivity index (χ2v) is 10.9. The standard InChI is InChI=1S/C34H42F2N2O6/c1-5-10-38(11-6-2)34(42)26-13-22(3)12-25(18-26)33(41)37-30(17-24-14-27(35)19-28(36)15-24)32(40)31(39)21-44-20-23-8-7-9-29(16-23)43-4/h7-9,12-16,18-19,30-32,39-40H,5-6,10-11,17,20-21H2,1-4H3,(H,37,41)/t30-,31?,32+/m0/s1. The zero-order chi connectivity index (χ0) is 32.2. The summed E-state index contributed by atoms with van der Waals surface area (Å²) in [6, 6.07) is 13.7. The molecule has 238 valence electrons. The number of nitrogens with zero attached hydrogens (tertiary/aromatic N) is 1. The minimum atomic E-state index is -1.56. The van der Waals surface area contributed by atoms with Crippen molar-refractivity contribution in [2.45, 2.75) is 64.9 Å². The van der Waals surface area contributed by atoms with Gasteiger partial charge in [0.05, 0.1) is 26.4 Å². The number of nitrogens with one attached hydrogen (secondary N) is 1. The molecule has 0 heterocycles. The number of aliphatic hydroxyl groups excluding tert-OH is 2. The molecule has 44 heavy (non-hydrogen) atoms. The highest BCUT2D eigenvalue weighted by molar-refractivity contribution is 6.00. The number of rotatable bonds is 16. The molecule has 3 atom stereocenters. The van der Waals surface area contributed by atoms with E-state index in [-0.39, 0.29) is 36.7 Å². The van der Waals surface area contributed by atoms with Crippen LogP contribution in [0.5, 0.6) is 5.75 Å². The van der Waals surface area contributed by atoms with Crippen LogP contribution in [-0.2, 0) is 17.8 Å². The predicted octanol–water partition coefficient (Wildman–Crippen LogP) is 4.82. The lowest BCUT2D eigenvalue weighted by atomic mass is 9.96. The number of carbonyl (C=O) groups excluding carboxylic acids is 2. The summed E-state index contributed by atoms with van der Waals surface area (Å²) in [5.41, 5.74) is 2.17. The van der Waals surface area contributed by atoms with Gasteiger partial charge in [-0.2, -0.15) is 0 Å². The molecule has 2 amide bonds. The summed E-state index contributed by atoms with van der Waals surface area (Å²) in [5.74, 6) is -1.80. The molecule has 1 unspecified atom stereocenters. The van der Waals surface area contributed by atoms with Crippen LogP contribution in [0.25, 0.3) is 0 Å². The van der Waals surface area contributed by atoms with Crippen molar-refractivity contribution in [2.24, 2.45) is 0 Å². The van der Waals surface area contributed by atoms with E-state index in [1.54, 1.807) is 49.3 Å². The van der Waals surface area contributed by atoms with Crippen molar-refractivity contribution in [3.05, 3.63) is 100 Å². The molecule has 10 heteroatoms. The molecule has 3 N–H and O–H groups in total. The predicted molar refractivity (Wildman–Crippen MR) is 164 cm³/mol. The molecule has 8 nitrogen and oxygen atoms in total. The summed E-state index contributed by atoms with van der Waals surface area (Å²) in [6.45, 7) is 6.74. The smallest absolute Gasteiger partial charge is 0.253 e. The Labute approximate surface area is 257 Å². The number of amides is 2. The largest absolute Gasteiger partial charge is 0.497 e. The molecule has 0 radical (unpaired) electrons. The highest BCUT2D eigenvalue weighted by Crippen LogP contribution is 2.18. The fourth-order valence-electron chi connectivity index (χ4n) is 4.99. The maximum absolute atomic E-state index is 14.0. The summed E-state index contributed by atoms with van der Waals surface area (Å²) >= 11 is 0. The maximum atomic E-state index is 14.0. The molecular formula is C34H42F2N2O6. The Morgan fingerprint density at radius 3 is 2.20 bits per heavy atom. The van der Waals surface area contributed by atoms with E-state index in [2.05, 4.69) is 5.32 Å². The highest BCUT2D eigenvalue weighted by Gasteiger charge is 2.29. The molecule has 0 saturated heterocycles. The number of ether oxygens (including phenoxy) is 2. The molecule has 0 aliphatic carbocycles.